The highest BCUT2D eigenvalue weighted by Crippen LogP contribution is 2.28. The predicted molar refractivity (Wildman–Crippen MR) is 79.4 cm³/mol. The summed E-state index contributed by atoms with van der Waals surface area (Å²) in [7, 11) is 3.21. The molecule has 1 heterocycles. The zero-order valence-corrected chi connectivity index (χ0v) is 13.1. The molecule has 6 nitrogen and oxygen atoms in total. The SMILES string of the molecule is COc1cc(OC)cc(-c2noc(CNC(C)(C)C)n2)c1. The van der Waals surface area contributed by atoms with Crippen LogP contribution in [0.25, 0.3) is 11.4 Å². The summed E-state index contributed by atoms with van der Waals surface area (Å²) in [5.74, 6) is 2.42. The van der Waals surface area contributed by atoms with Gasteiger partial charge in [-0.1, -0.05) is 5.16 Å². The molecule has 0 fully saturated rings. The molecule has 1 N–H and O–H groups in total. The Morgan fingerprint density at radius 2 is 1.71 bits per heavy atom. The maximum absolute atomic E-state index is 5.26. The highest BCUT2D eigenvalue weighted by Gasteiger charge is 2.14. The van der Waals surface area contributed by atoms with Crippen molar-refractivity contribution in [1.82, 2.24) is 15.5 Å². The molecular formula is C15H21N3O3. The Balaban J connectivity index is 2.21. The highest BCUT2D eigenvalue weighted by molar-refractivity contribution is 5.60. The van der Waals surface area contributed by atoms with Crippen LogP contribution in [-0.2, 0) is 6.54 Å². The van der Waals surface area contributed by atoms with Crippen molar-refractivity contribution in [2.45, 2.75) is 32.9 Å². The van der Waals surface area contributed by atoms with Crippen molar-refractivity contribution in [2.75, 3.05) is 14.2 Å². The second-order valence-corrected chi connectivity index (χ2v) is 5.72. The zero-order chi connectivity index (χ0) is 15.5. The van der Waals surface area contributed by atoms with Crippen LogP contribution in [-0.4, -0.2) is 29.9 Å². The lowest BCUT2D eigenvalue weighted by atomic mass is 10.1. The van der Waals surface area contributed by atoms with Crippen molar-refractivity contribution in [1.29, 1.82) is 0 Å². The van der Waals surface area contributed by atoms with Crippen LogP contribution in [0.2, 0.25) is 0 Å². The van der Waals surface area contributed by atoms with E-state index in [1.807, 2.05) is 12.1 Å². The Bertz CT molecular complexity index is 580. The number of nitrogens with zero attached hydrogens (tertiary/aromatic N) is 2. The van der Waals surface area contributed by atoms with E-state index in [9.17, 15) is 0 Å². The largest absolute Gasteiger partial charge is 0.497 e. The van der Waals surface area contributed by atoms with E-state index < -0.39 is 0 Å². The molecule has 0 spiro atoms. The Labute approximate surface area is 124 Å². The number of hydrogen-bond acceptors (Lipinski definition) is 6. The zero-order valence-electron chi connectivity index (χ0n) is 13.1. The first-order valence-corrected chi connectivity index (χ1v) is 6.72. The number of rotatable bonds is 5. The van der Waals surface area contributed by atoms with Gasteiger partial charge in [0, 0.05) is 17.2 Å². The van der Waals surface area contributed by atoms with Crippen molar-refractivity contribution < 1.29 is 14.0 Å². The van der Waals surface area contributed by atoms with Gasteiger partial charge in [-0.25, -0.2) is 0 Å². The summed E-state index contributed by atoms with van der Waals surface area (Å²) in [5.41, 5.74) is 0.783. The molecule has 0 saturated carbocycles. The van der Waals surface area contributed by atoms with E-state index >= 15 is 0 Å². The Morgan fingerprint density at radius 3 is 2.24 bits per heavy atom. The van der Waals surface area contributed by atoms with Gasteiger partial charge in [0.15, 0.2) is 0 Å². The number of nitrogens with one attached hydrogen (secondary N) is 1. The lowest BCUT2D eigenvalue weighted by Gasteiger charge is -2.18. The molecule has 1 aromatic carbocycles. The van der Waals surface area contributed by atoms with E-state index in [4.69, 9.17) is 14.0 Å². The van der Waals surface area contributed by atoms with Crippen LogP contribution in [0.5, 0.6) is 11.5 Å². The van der Waals surface area contributed by atoms with E-state index in [1.54, 1.807) is 20.3 Å². The Kier molecular flexibility index (Phi) is 4.47. The van der Waals surface area contributed by atoms with Crippen LogP contribution < -0.4 is 14.8 Å². The number of methoxy groups -OCH3 is 2. The summed E-state index contributed by atoms with van der Waals surface area (Å²) < 4.78 is 15.7. The van der Waals surface area contributed by atoms with Gasteiger partial charge in [-0.05, 0) is 32.9 Å². The van der Waals surface area contributed by atoms with Crippen LogP contribution in [0.15, 0.2) is 22.7 Å². The average molecular weight is 291 g/mol. The summed E-state index contributed by atoms with van der Waals surface area (Å²) in [6, 6.07) is 5.48. The van der Waals surface area contributed by atoms with E-state index in [1.165, 1.54) is 0 Å². The molecule has 0 aliphatic heterocycles. The molecule has 0 aliphatic rings. The van der Waals surface area contributed by atoms with E-state index in [0.29, 0.717) is 29.8 Å². The van der Waals surface area contributed by atoms with Gasteiger partial charge in [0.2, 0.25) is 11.7 Å². The molecule has 0 saturated heterocycles. The van der Waals surface area contributed by atoms with Crippen LogP contribution in [0.1, 0.15) is 26.7 Å². The molecule has 1 aromatic heterocycles. The third-order valence-electron chi connectivity index (χ3n) is 2.85. The molecule has 0 atom stereocenters. The van der Waals surface area contributed by atoms with Crippen molar-refractivity contribution in [3.8, 4) is 22.9 Å². The molecule has 0 aliphatic carbocycles. The molecular weight excluding hydrogens is 270 g/mol. The van der Waals surface area contributed by atoms with Gasteiger partial charge < -0.3 is 19.3 Å². The molecule has 21 heavy (non-hydrogen) atoms. The minimum absolute atomic E-state index is 0.00613. The van der Waals surface area contributed by atoms with Gasteiger partial charge >= 0.3 is 0 Å². The van der Waals surface area contributed by atoms with Crippen LogP contribution in [0.4, 0.5) is 0 Å². The van der Waals surface area contributed by atoms with Crippen molar-refractivity contribution in [3.63, 3.8) is 0 Å². The maximum Gasteiger partial charge on any atom is 0.240 e. The number of ether oxygens (including phenoxy) is 2. The molecule has 0 radical (unpaired) electrons. The lowest BCUT2D eigenvalue weighted by molar-refractivity contribution is 0.336. The smallest absolute Gasteiger partial charge is 0.240 e. The topological polar surface area (TPSA) is 69.4 Å². The summed E-state index contributed by atoms with van der Waals surface area (Å²) in [4.78, 5) is 4.38. The molecule has 2 aromatic rings. The summed E-state index contributed by atoms with van der Waals surface area (Å²) in [5, 5.41) is 7.30. The Morgan fingerprint density at radius 1 is 1.10 bits per heavy atom. The van der Waals surface area contributed by atoms with E-state index in [0.717, 1.165) is 5.56 Å². The first-order chi connectivity index (χ1) is 9.91. The lowest BCUT2D eigenvalue weighted by Crippen LogP contribution is -2.35. The van der Waals surface area contributed by atoms with Crippen LogP contribution in [0, 0.1) is 0 Å². The second-order valence-electron chi connectivity index (χ2n) is 5.72. The van der Waals surface area contributed by atoms with E-state index in [-0.39, 0.29) is 5.54 Å². The second kappa shape index (κ2) is 6.13. The van der Waals surface area contributed by atoms with Crippen LogP contribution in [0.3, 0.4) is 0 Å². The molecule has 0 amide bonds. The quantitative estimate of drug-likeness (QED) is 0.913. The molecule has 114 valence electrons. The van der Waals surface area contributed by atoms with Gasteiger partial charge in [0.1, 0.15) is 11.5 Å². The summed E-state index contributed by atoms with van der Waals surface area (Å²) in [6.45, 7) is 6.77. The third-order valence-corrected chi connectivity index (χ3v) is 2.85. The summed E-state index contributed by atoms with van der Waals surface area (Å²) >= 11 is 0. The fraction of sp³-hybridized carbons (Fsp3) is 0.467. The normalized spacial score (nSPS) is 11.5. The molecule has 0 unspecified atom stereocenters. The van der Waals surface area contributed by atoms with Crippen molar-refractivity contribution in [2.24, 2.45) is 0 Å². The van der Waals surface area contributed by atoms with E-state index in [2.05, 4.69) is 36.2 Å². The highest BCUT2D eigenvalue weighted by atomic mass is 16.5. The fourth-order valence-electron chi connectivity index (χ4n) is 1.72. The number of hydrogen-bond donors (Lipinski definition) is 1. The van der Waals surface area contributed by atoms with Gasteiger partial charge in [0.25, 0.3) is 0 Å². The minimum atomic E-state index is -0.00613. The van der Waals surface area contributed by atoms with Gasteiger partial charge in [-0.2, -0.15) is 4.98 Å². The standard InChI is InChI=1S/C15H21N3O3/c1-15(2,3)16-9-13-17-14(18-21-13)10-6-11(19-4)8-12(7-10)20-5/h6-8,16H,9H2,1-5H3. The van der Waals surface area contributed by atoms with Gasteiger partial charge in [0.05, 0.1) is 20.8 Å². The van der Waals surface area contributed by atoms with Crippen LogP contribution >= 0.6 is 0 Å². The maximum atomic E-state index is 5.26. The van der Waals surface area contributed by atoms with Gasteiger partial charge in [-0.15, -0.1) is 0 Å². The monoisotopic (exact) mass is 291 g/mol. The third kappa shape index (κ3) is 4.19. The molecule has 6 heteroatoms. The minimum Gasteiger partial charge on any atom is -0.497 e. The molecule has 0 bridgehead atoms. The fourth-order valence-corrected chi connectivity index (χ4v) is 1.72. The number of benzene rings is 1. The Hall–Kier alpha value is -2.08. The van der Waals surface area contributed by atoms with Crippen molar-refractivity contribution >= 4 is 0 Å². The van der Waals surface area contributed by atoms with Gasteiger partial charge in [-0.3, -0.25) is 0 Å². The first kappa shape index (κ1) is 15.3. The average Bonchev–Trinajstić information content (AvgIpc) is 2.92. The number of aromatic nitrogens is 2. The summed E-state index contributed by atoms with van der Waals surface area (Å²) in [6.07, 6.45) is 0. The molecule has 2 rings (SSSR count). The predicted octanol–water partition coefficient (Wildman–Crippen LogP) is 2.64. The van der Waals surface area contributed by atoms with Crippen molar-refractivity contribution in [3.05, 3.63) is 24.1 Å². The first-order valence-electron chi connectivity index (χ1n) is 6.72.